The van der Waals surface area contributed by atoms with E-state index in [9.17, 15) is 9.59 Å². The lowest BCUT2D eigenvalue weighted by molar-refractivity contribution is -0.138. The van der Waals surface area contributed by atoms with Crippen molar-refractivity contribution < 1.29 is 19.4 Å². The van der Waals surface area contributed by atoms with Crippen molar-refractivity contribution in [2.75, 3.05) is 6.54 Å². The Morgan fingerprint density at radius 1 is 1.37 bits per heavy atom. The van der Waals surface area contributed by atoms with Crippen LogP contribution in [0.3, 0.4) is 0 Å². The van der Waals surface area contributed by atoms with Crippen molar-refractivity contribution in [2.24, 2.45) is 5.92 Å². The highest BCUT2D eigenvalue weighted by Gasteiger charge is 2.34. The Morgan fingerprint density at radius 3 is 2.53 bits per heavy atom. The van der Waals surface area contributed by atoms with E-state index in [0.29, 0.717) is 6.54 Å². The Kier molecular flexibility index (Phi) is 5.20. The molecule has 5 nitrogen and oxygen atoms in total. The van der Waals surface area contributed by atoms with E-state index in [4.69, 9.17) is 9.84 Å². The molecule has 1 saturated heterocycles. The Balaban J connectivity index is 2.71. The molecule has 0 spiro atoms. The zero-order valence-electron chi connectivity index (χ0n) is 12.3. The predicted octanol–water partition coefficient (Wildman–Crippen LogP) is 2.89. The van der Waals surface area contributed by atoms with Crippen molar-refractivity contribution in [2.45, 2.75) is 65.0 Å². The number of piperidine rings is 1. The number of nitrogens with zero attached hydrogens (tertiary/aromatic N) is 1. The Hall–Kier alpha value is -1.26. The van der Waals surface area contributed by atoms with Gasteiger partial charge < -0.3 is 14.7 Å². The molecule has 1 aliphatic heterocycles. The molecule has 1 heterocycles. The van der Waals surface area contributed by atoms with Crippen molar-refractivity contribution in [1.29, 1.82) is 0 Å². The van der Waals surface area contributed by atoms with E-state index < -0.39 is 11.6 Å². The molecule has 0 bridgehead atoms. The molecule has 0 saturated carbocycles. The molecule has 0 radical (unpaired) electrons. The molecular formula is C14H25NO4. The highest BCUT2D eigenvalue weighted by Crippen LogP contribution is 2.27. The normalized spacial score (nSPS) is 21.9. The standard InChI is InChI=1S/C14H25NO4/c1-10(9-12(16)17)11-7-5-6-8-15(11)13(18)19-14(2,3)4/h10-11H,5-9H2,1-4H3,(H,16,17)/t10-,11-/m0/s1. The number of rotatable bonds is 3. The molecule has 0 aromatic heterocycles. The van der Waals surface area contributed by atoms with Crippen LogP contribution in [0.1, 0.15) is 53.4 Å². The zero-order valence-corrected chi connectivity index (χ0v) is 12.3. The third kappa shape index (κ3) is 5.09. The topological polar surface area (TPSA) is 66.8 Å². The summed E-state index contributed by atoms with van der Waals surface area (Å²) in [5, 5.41) is 8.89. The van der Waals surface area contributed by atoms with Crippen LogP contribution in [0.15, 0.2) is 0 Å². The molecule has 1 amide bonds. The van der Waals surface area contributed by atoms with Crippen LogP contribution in [0.2, 0.25) is 0 Å². The Labute approximate surface area is 114 Å². The minimum atomic E-state index is -0.817. The zero-order chi connectivity index (χ0) is 14.6. The minimum absolute atomic E-state index is 0.0281. The number of carbonyl (C=O) groups is 2. The average Bonchev–Trinajstić information content (AvgIpc) is 2.25. The van der Waals surface area contributed by atoms with E-state index in [-0.39, 0.29) is 24.5 Å². The predicted molar refractivity (Wildman–Crippen MR) is 72.0 cm³/mol. The first-order chi connectivity index (χ1) is 8.70. The lowest BCUT2D eigenvalue weighted by Gasteiger charge is -2.39. The third-order valence-corrected chi connectivity index (χ3v) is 3.33. The molecule has 0 aliphatic carbocycles. The van der Waals surface area contributed by atoms with Gasteiger partial charge in [-0.3, -0.25) is 4.79 Å². The van der Waals surface area contributed by atoms with Crippen molar-refractivity contribution in [3.05, 3.63) is 0 Å². The van der Waals surface area contributed by atoms with Crippen molar-refractivity contribution in [3.8, 4) is 0 Å². The summed E-state index contributed by atoms with van der Waals surface area (Å²) in [5.41, 5.74) is -0.519. The van der Waals surface area contributed by atoms with Gasteiger partial charge in [0.15, 0.2) is 0 Å². The molecule has 0 aromatic rings. The van der Waals surface area contributed by atoms with Gasteiger partial charge in [0, 0.05) is 19.0 Å². The maximum atomic E-state index is 12.2. The summed E-state index contributed by atoms with van der Waals surface area (Å²) in [6, 6.07) is -0.0281. The van der Waals surface area contributed by atoms with Crippen LogP contribution in [0, 0.1) is 5.92 Å². The van der Waals surface area contributed by atoms with Crippen LogP contribution >= 0.6 is 0 Å². The molecule has 19 heavy (non-hydrogen) atoms. The number of ether oxygens (including phenoxy) is 1. The minimum Gasteiger partial charge on any atom is -0.481 e. The van der Waals surface area contributed by atoms with E-state index in [1.807, 2.05) is 27.7 Å². The first kappa shape index (κ1) is 15.8. The maximum absolute atomic E-state index is 12.2. The number of aliphatic carboxylic acids is 1. The fourth-order valence-corrected chi connectivity index (χ4v) is 2.51. The molecule has 1 aliphatic rings. The Bertz CT molecular complexity index is 335. The molecule has 0 aromatic carbocycles. The van der Waals surface area contributed by atoms with Crippen LogP contribution in [0.25, 0.3) is 0 Å². The number of hydrogen-bond donors (Lipinski definition) is 1. The van der Waals surface area contributed by atoms with E-state index in [2.05, 4.69) is 0 Å². The highest BCUT2D eigenvalue weighted by atomic mass is 16.6. The SMILES string of the molecule is C[C@@H](CC(=O)O)[C@@H]1CCCCN1C(=O)OC(C)(C)C. The molecular weight excluding hydrogens is 246 g/mol. The molecule has 2 atom stereocenters. The van der Waals surface area contributed by atoms with E-state index in [0.717, 1.165) is 19.3 Å². The molecule has 1 fully saturated rings. The second-order valence-electron chi connectivity index (χ2n) is 6.31. The molecule has 1 N–H and O–H groups in total. The van der Waals surface area contributed by atoms with Gasteiger partial charge in [-0.15, -0.1) is 0 Å². The molecule has 1 rings (SSSR count). The first-order valence-electron chi connectivity index (χ1n) is 6.92. The number of carbonyl (C=O) groups excluding carboxylic acids is 1. The highest BCUT2D eigenvalue weighted by molar-refractivity contribution is 5.69. The summed E-state index contributed by atoms with van der Waals surface area (Å²) >= 11 is 0. The summed E-state index contributed by atoms with van der Waals surface area (Å²) in [6.45, 7) is 8.06. The fraction of sp³-hybridized carbons (Fsp3) is 0.857. The van der Waals surface area contributed by atoms with Gasteiger partial charge in [0.25, 0.3) is 0 Å². The van der Waals surface area contributed by atoms with Gasteiger partial charge in [-0.1, -0.05) is 6.92 Å². The fourth-order valence-electron chi connectivity index (χ4n) is 2.51. The summed E-state index contributed by atoms with van der Waals surface area (Å²) in [7, 11) is 0. The lowest BCUT2D eigenvalue weighted by Crippen LogP contribution is -2.49. The van der Waals surface area contributed by atoms with E-state index in [1.165, 1.54) is 0 Å². The van der Waals surface area contributed by atoms with Crippen LogP contribution in [0.5, 0.6) is 0 Å². The molecule has 0 unspecified atom stereocenters. The summed E-state index contributed by atoms with van der Waals surface area (Å²) in [6.07, 6.45) is 2.61. The lowest BCUT2D eigenvalue weighted by atomic mass is 9.89. The van der Waals surface area contributed by atoms with E-state index in [1.54, 1.807) is 4.90 Å². The maximum Gasteiger partial charge on any atom is 0.410 e. The van der Waals surface area contributed by atoms with Crippen LogP contribution < -0.4 is 0 Å². The van der Waals surface area contributed by atoms with Crippen molar-refractivity contribution >= 4 is 12.1 Å². The van der Waals surface area contributed by atoms with Gasteiger partial charge >= 0.3 is 12.1 Å². The van der Waals surface area contributed by atoms with Gasteiger partial charge in [0.2, 0.25) is 0 Å². The van der Waals surface area contributed by atoms with E-state index >= 15 is 0 Å². The summed E-state index contributed by atoms with van der Waals surface area (Å²) < 4.78 is 5.40. The van der Waals surface area contributed by atoms with Gasteiger partial charge in [-0.25, -0.2) is 4.79 Å². The van der Waals surface area contributed by atoms with Crippen LogP contribution in [-0.4, -0.2) is 40.3 Å². The van der Waals surface area contributed by atoms with Crippen molar-refractivity contribution in [3.63, 3.8) is 0 Å². The number of carboxylic acid groups (broad SMARTS) is 1. The van der Waals surface area contributed by atoms with Gasteiger partial charge in [0.05, 0.1) is 0 Å². The second kappa shape index (κ2) is 6.26. The number of carboxylic acids is 1. The third-order valence-electron chi connectivity index (χ3n) is 3.33. The Morgan fingerprint density at radius 2 is 2.00 bits per heavy atom. The van der Waals surface area contributed by atoms with Gasteiger partial charge in [-0.05, 0) is 46.0 Å². The van der Waals surface area contributed by atoms with Crippen LogP contribution in [0.4, 0.5) is 4.79 Å². The average molecular weight is 271 g/mol. The molecule has 5 heteroatoms. The van der Waals surface area contributed by atoms with Gasteiger partial charge in [0.1, 0.15) is 5.60 Å². The quantitative estimate of drug-likeness (QED) is 0.857. The molecule has 110 valence electrons. The largest absolute Gasteiger partial charge is 0.481 e. The summed E-state index contributed by atoms with van der Waals surface area (Å²) in [5.74, 6) is -0.868. The number of likely N-dealkylation sites (tertiary alicyclic amines) is 1. The monoisotopic (exact) mass is 271 g/mol. The smallest absolute Gasteiger partial charge is 0.410 e. The van der Waals surface area contributed by atoms with Crippen LogP contribution in [-0.2, 0) is 9.53 Å². The number of hydrogen-bond acceptors (Lipinski definition) is 3. The number of amides is 1. The second-order valence-corrected chi connectivity index (χ2v) is 6.31. The summed E-state index contributed by atoms with van der Waals surface area (Å²) in [4.78, 5) is 24.7. The first-order valence-corrected chi connectivity index (χ1v) is 6.92. The van der Waals surface area contributed by atoms with Gasteiger partial charge in [-0.2, -0.15) is 0 Å². The van der Waals surface area contributed by atoms with Crippen molar-refractivity contribution in [1.82, 2.24) is 4.90 Å².